The van der Waals surface area contributed by atoms with Crippen molar-refractivity contribution in [1.82, 2.24) is 5.32 Å². The van der Waals surface area contributed by atoms with Crippen LogP contribution in [0.25, 0.3) is 0 Å². The first-order valence-electron chi connectivity index (χ1n) is 4.03. The first-order valence-corrected chi connectivity index (χ1v) is 4.03. The average molecular weight is 164 g/mol. The molecule has 4 N–H and O–H groups in total. The van der Waals surface area contributed by atoms with Gasteiger partial charge < -0.3 is 16.2 Å². The summed E-state index contributed by atoms with van der Waals surface area (Å²) in [6.45, 7) is 0.0780. The van der Waals surface area contributed by atoms with E-state index in [0.717, 1.165) is 11.4 Å². The molecular formula is C9H12N2O. The Morgan fingerprint density at radius 3 is 3.08 bits per heavy atom. The highest BCUT2D eigenvalue weighted by molar-refractivity contribution is 5.33. The molecule has 0 radical (unpaired) electrons. The molecule has 2 atom stereocenters. The summed E-state index contributed by atoms with van der Waals surface area (Å²) in [7, 11) is 0. The van der Waals surface area contributed by atoms with E-state index in [0.29, 0.717) is 5.92 Å². The van der Waals surface area contributed by atoms with Crippen LogP contribution in [0.3, 0.4) is 0 Å². The number of aliphatic hydroxyl groups excluding tert-OH is 1. The molecule has 2 rings (SSSR count). The molecule has 1 heterocycles. The van der Waals surface area contributed by atoms with Crippen molar-refractivity contribution in [1.29, 1.82) is 0 Å². The van der Waals surface area contributed by atoms with E-state index in [-0.39, 0.29) is 12.6 Å². The zero-order valence-corrected chi connectivity index (χ0v) is 6.70. The number of allylic oxidation sites excluding steroid dienone is 1. The summed E-state index contributed by atoms with van der Waals surface area (Å²) in [5.41, 5.74) is 7.30. The van der Waals surface area contributed by atoms with Gasteiger partial charge in [0, 0.05) is 17.3 Å². The monoisotopic (exact) mass is 164 g/mol. The average Bonchev–Trinajstić information content (AvgIpc) is 2.46. The Balaban J connectivity index is 2.18. The third-order valence-corrected chi connectivity index (χ3v) is 2.21. The fraction of sp³-hybridized carbons (Fsp3) is 0.333. The molecule has 0 spiro atoms. The number of fused-ring (bicyclic) bond motifs is 1. The number of rotatable bonds is 1. The molecule has 0 aromatic rings. The molecule has 64 valence electrons. The van der Waals surface area contributed by atoms with Gasteiger partial charge in [-0.05, 0) is 12.2 Å². The molecule has 0 aromatic heterocycles. The van der Waals surface area contributed by atoms with Gasteiger partial charge in [-0.2, -0.15) is 0 Å². The molecule has 0 saturated carbocycles. The zero-order chi connectivity index (χ0) is 8.55. The predicted molar refractivity (Wildman–Crippen MR) is 47.0 cm³/mol. The number of aliphatic hydroxyl groups is 1. The third kappa shape index (κ3) is 1.12. The Morgan fingerprint density at radius 2 is 2.33 bits per heavy atom. The topological polar surface area (TPSA) is 58.3 Å². The summed E-state index contributed by atoms with van der Waals surface area (Å²) < 4.78 is 0. The second-order valence-electron chi connectivity index (χ2n) is 3.12. The van der Waals surface area contributed by atoms with Crippen LogP contribution < -0.4 is 11.1 Å². The predicted octanol–water partition coefficient (Wildman–Crippen LogP) is -0.137. The van der Waals surface area contributed by atoms with Gasteiger partial charge in [-0.15, -0.1) is 0 Å². The molecular weight excluding hydrogens is 152 g/mol. The fourth-order valence-electron chi connectivity index (χ4n) is 1.61. The Labute approximate surface area is 71.3 Å². The minimum atomic E-state index is 0.0780. The summed E-state index contributed by atoms with van der Waals surface area (Å²) in [4.78, 5) is 0. The molecule has 12 heavy (non-hydrogen) atoms. The standard InChI is InChI=1S/C9H12N2O/c10-7-2-1-6-3-8(5-12)11-9(6)4-7/h1-4,6,9,11-12H,5,10H2. The molecule has 0 amide bonds. The van der Waals surface area contributed by atoms with Gasteiger partial charge in [0.15, 0.2) is 0 Å². The highest BCUT2D eigenvalue weighted by Crippen LogP contribution is 2.23. The van der Waals surface area contributed by atoms with Crippen molar-refractivity contribution in [2.75, 3.05) is 6.61 Å². The molecule has 0 aromatic carbocycles. The van der Waals surface area contributed by atoms with E-state index >= 15 is 0 Å². The van der Waals surface area contributed by atoms with E-state index in [9.17, 15) is 0 Å². The van der Waals surface area contributed by atoms with Crippen LogP contribution in [0.1, 0.15) is 0 Å². The smallest absolute Gasteiger partial charge is 0.0824 e. The van der Waals surface area contributed by atoms with Gasteiger partial charge in [0.25, 0.3) is 0 Å². The van der Waals surface area contributed by atoms with Crippen molar-refractivity contribution >= 4 is 0 Å². The summed E-state index contributed by atoms with van der Waals surface area (Å²) >= 11 is 0. The Bertz CT molecular complexity index is 278. The van der Waals surface area contributed by atoms with E-state index in [4.69, 9.17) is 10.8 Å². The zero-order valence-electron chi connectivity index (χ0n) is 6.70. The van der Waals surface area contributed by atoms with Crippen LogP contribution in [0.2, 0.25) is 0 Å². The van der Waals surface area contributed by atoms with Gasteiger partial charge in [0.2, 0.25) is 0 Å². The first kappa shape index (κ1) is 7.43. The van der Waals surface area contributed by atoms with Gasteiger partial charge >= 0.3 is 0 Å². The normalized spacial score (nSPS) is 32.1. The van der Waals surface area contributed by atoms with Gasteiger partial charge in [-0.25, -0.2) is 0 Å². The largest absolute Gasteiger partial charge is 0.399 e. The maximum Gasteiger partial charge on any atom is 0.0824 e. The van der Waals surface area contributed by atoms with E-state index in [1.807, 2.05) is 18.2 Å². The van der Waals surface area contributed by atoms with Crippen LogP contribution in [-0.4, -0.2) is 17.8 Å². The lowest BCUT2D eigenvalue weighted by Crippen LogP contribution is -2.29. The van der Waals surface area contributed by atoms with Crippen molar-refractivity contribution in [2.45, 2.75) is 6.04 Å². The Morgan fingerprint density at radius 1 is 1.50 bits per heavy atom. The minimum absolute atomic E-state index is 0.0780. The van der Waals surface area contributed by atoms with E-state index < -0.39 is 0 Å². The second kappa shape index (κ2) is 2.68. The number of hydrogen-bond acceptors (Lipinski definition) is 3. The maximum absolute atomic E-state index is 8.87. The lowest BCUT2D eigenvalue weighted by atomic mass is 9.96. The minimum Gasteiger partial charge on any atom is -0.399 e. The fourth-order valence-corrected chi connectivity index (χ4v) is 1.61. The van der Waals surface area contributed by atoms with Crippen molar-refractivity contribution in [2.24, 2.45) is 11.7 Å². The van der Waals surface area contributed by atoms with Gasteiger partial charge in [-0.1, -0.05) is 12.2 Å². The van der Waals surface area contributed by atoms with E-state index in [1.165, 1.54) is 0 Å². The van der Waals surface area contributed by atoms with Gasteiger partial charge in [0.05, 0.1) is 12.6 Å². The van der Waals surface area contributed by atoms with Crippen LogP contribution in [-0.2, 0) is 0 Å². The van der Waals surface area contributed by atoms with E-state index in [2.05, 4.69) is 11.4 Å². The SMILES string of the molecule is NC1=CC2NC(CO)=CC2C=C1. The molecule has 1 aliphatic heterocycles. The third-order valence-electron chi connectivity index (χ3n) is 2.21. The summed E-state index contributed by atoms with van der Waals surface area (Å²) in [6.07, 6.45) is 7.96. The Kier molecular flexibility index (Phi) is 1.66. The quantitative estimate of drug-likeness (QED) is 0.505. The molecule has 3 heteroatoms. The molecule has 0 saturated heterocycles. The highest BCUT2D eigenvalue weighted by Gasteiger charge is 2.24. The van der Waals surface area contributed by atoms with Crippen LogP contribution in [0.4, 0.5) is 0 Å². The summed E-state index contributed by atoms with van der Waals surface area (Å²) in [5, 5.41) is 12.0. The van der Waals surface area contributed by atoms with E-state index in [1.54, 1.807) is 0 Å². The Hall–Kier alpha value is -1.22. The number of hydrogen-bond donors (Lipinski definition) is 3. The molecule has 0 fully saturated rings. The molecule has 3 nitrogen and oxygen atoms in total. The summed E-state index contributed by atoms with van der Waals surface area (Å²) in [5.74, 6) is 0.361. The summed E-state index contributed by atoms with van der Waals surface area (Å²) in [6, 6.07) is 0.247. The van der Waals surface area contributed by atoms with Crippen LogP contribution in [0.5, 0.6) is 0 Å². The van der Waals surface area contributed by atoms with Crippen molar-refractivity contribution in [3.63, 3.8) is 0 Å². The molecule has 1 aliphatic carbocycles. The highest BCUT2D eigenvalue weighted by atomic mass is 16.3. The maximum atomic E-state index is 8.87. The lowest BCUT2D eigenvalue weighted by molar-refractivity contribution is 0.322. The van der Waals surface area contributed by atoms with Crippen LogP contribution in [0.15, 0.2) is 35.7 Å². The van der Waals surface area contributed by atoms with Crippen molar-refractivity contribution < 1.29 is 5.11 Å². The molecule has 2 unspecified atom stereocenters. The first-order chi connectivity index (χ1) is 5.79. The molecule has 0 bridgehead atoms. The van der Waals surface area contributed by atoms with Crippen LogP contribution in [0, 0.1) is 5.92 Å². The molecule has 2 aliphatic rings. The lowest BCUT2D eigenvalue weighted by Gasteiger charge is -2.17. The number of nitrogens with one attached hydrogen (secondary N) is 1. The van der Waals surface area contributed by atoms with Crippen molar-refractivity contribution in [3.05, 3.63) is 35.7 Å². The second-order valence-corrected chi connectivity index (χ2v) is 3.12. The number of nitrogens with two attached hydrogens (primary N) is 1. The van der Waals surface area contributed by atoms with Gasteiger partial charge in [-0.3, -0.25) is 0 Å². The van der Waals surface area contributed by atoms with Gasteiger partial charge in [0.1, 0.15) is 0 Å². The van der Waals surface area contributed by atoms with Crippen LogP contribution >= 0.6 is 0 Å². The van der Waals surface area contributed by atoms with Crippen molar-refractivity contribution in [3.8, 4) is 0 Å².